The van der Waals surface area contributed by atoms with Crippen LogP contribution in [0.4, 0.5) is 0 Å². The van der Waals surface area contributed by atoms with Crippen LogP contribution in [-0.4, -0.2) is 28.6 Å². The Balaban J connectivity index is -0.000000131. The molecule has 86 valence electrons. The van der Waals surface area contributed by atoms with Crippen LogP contribution in [0.15, 0.2) is 0 Å². The first kappa shape index (κ1) is 18.5. The fourth-order valence-corrected chi connectivity index (χ4v) is 0. The van der Waals surface area contributed by atoms with Crippen molar-refractivity contribution < 1.29 is 17.5 Å². The molecule has 0 heterocycles. The zero-order valence-corrected chi connectivity index (χ0v) is 8.47. The second-order valence-electron chi connectivity index (χ2n) is 1.41. The molecule has 0 saturated carbocycles. The van der Waals surface area contributed by atoms with Gasteiger partial charge in [0.2, 0.25) is 0 Å². The van der Waals surface area contributed by atoms with Crippen LogP contribution in [0, 0.1) is 5.41 Å². The van der Waals surface area contributed by atoms with Gasteiger partial charge in [0.1, 0.15) is 0 Å². The molecule has 0 amide bonds. The van der Waals surface area contributed by atoms with Crippen molar-refractivity contribution in [2.45, 2.75) is 0 Å². The van der Waals surface area contributed by atoms with E-state index in [4.69, 9.17) is 28.7 Å². The molecule has 0 aliphatic carbocycles. The fraction of sp³-hybridized carbons (Fsp3) is 0. The van der Waals surface area contributed by atoms with Gasteiger partial charge in [-0.1, -0.05) is 0 Å². The van der Waals surface area contributed by atoms with E-state index in [9.17, 15) is 0 Å². The minimum atomic E-state index is -4.67. The number of guanidine groups is 1. The van der Waals surface area contributed by atoms with Gasteiger partial charge in [-0.25, -0.2) is 5.84 Å². The van der Waals surface area contributed by atoms with E-state index in [1.165, 1.54) is 0 Å². The lowest BCUT2D eigenvalue weighted by molar-refractivity contribution is 0.381. The molecular weight excluding hydrogens is 236 g/mol. The van der Waals surface area contributed by atoms with E-state index in [0.29, 0.717) is 0 Å². The highest BCUT2D eigenvalue weighted by molar-refractivity contribution is 7.80. The Kier molecular flexibility index (Phi) is 13.1. The largest absolute Gasteiger partial charge is 0.394 e. The van der Waals surface area contributed by atoms with Gasteiger partial charge in [0.15, 0.2) is 11.1 Å². The van der Waals surface area contributed by atoms with Crippen molar-refractivity contribution in [3.8, 4) is 0 Å². The van der Waals surface area contributed by atoms with E-state index in [1.54, 1.807) is 0 Å². The monoisotopic (exact) mass is 248 g/mol. The van der Waals surface area contributed by atoms with E-state index in [1.807, 2.05) is 5.43 Å². The fourth-order valence-electron chi connectivity index (χ4n) is 0. The molecule has 0 aromatic carbocycles. The van der Waals surface area contributed by atoms with E-state index >= 15 is 0 Å². The van der Waals surface area contributed by atoms with Crippen molar-refractivity contribution in [2.75, 3.05) is 0 Å². The van der Waals surface area contributed by atoms with Crippen molar-refractivity contribution in [1.29, 1.82) is 5.41 Å². The smallest absolute Gasteiger partial charge is 0.375 e. The summed E-state index contributed by atoms with van der Waals surface area (Å²) >= 11 is 4.24. The summed E-state index contributed by atoms with van der Waals surface area (Å²) in [4.78, 5) is 0. The number of hydrogen-bond acceptors (Lipinski definition) is 5. The van der Waals surface area contributed by atoms with Crippen molar-refractivity contribution in [3.63, 3.8) is 0 Å². The molecule has 12 heteroatoms. The van der Waals surface area contributed by atoms with Gasteiger partial charge >= 0.3 is 10.4 Å². The van der Waals surface area contributed by atoms with Gasteiger partial charge in [0.25, 0.3) is 0 Å². The van der Waals surface area contributed by atoms with Crippen molar-refractivity contribution >= 4 is 33.7 Å². The number of nitrogens with one attached hydrogen (secondary N) is 2. The molecule has 0 saturated heterocycles. The maximum Gasteiger partial charge on any atom is 0.394 e. The van der Waals surface area contributed by atoms with Gasteiger partial charge < -0.3 is 22.6 Å². The second-order valence-corrected chi connectivity index (χ2v) is 2.75. The Hall–Kier alpha value is -1.21. The molecule has 10 nitrogen and oxygen atoms in total. The van der Waals surface area contributed by atoms with Gasteiger partial charge in [-0.15, -0.1) is 0 Å². The molecule has 0 fully saturated rings. The lowest BCUT2D eigenvalue weighted by Gasteiger charge is -1.85. The number of nitrogens with two attached hydrogens (primary N) is 4. The van der Waals surface area contributed by atoms with E-state index < -0.39 is 10.4 Å². The SMILES string of the molecule is N=C(N)N.NNC(N)=S.O=S(=O)(O)O. The summed E-state index contributed by atoms with van der Waals surface area (Å²) in [6, 6.07) is 0. The molecule has 12 N–H and O–H groups in total. The number of hydrazine groups is 1. The van der Waals surface area contributed by atoms with E-state index in [0.717, 1.165) is 0 Å². The summed E-state index contributed by atoms with van der Waals surface area (Å²) in [7, 11) is -4.67. The molecule has 14 heavy (non-hydrogen) atoms. The maximum atomic E-state index is 8.74. The average Bonchev–Trinajstić information content (AvgIpc) is 1.82. The lowest BCUT2D eigenvalue weighted by atomic mass is 11.1. The second kappa shape index (κ2) is 9.87. The Morgan fingerprint density at radius 2 is 1.36 bits per heavy atom. The molecular formula is C2H12N6O4S2. The molecule has 0 aliphatic heterocycles. The Labute approximate surface area is 85.7 Å². The molecule has 0 aromatic rings. The zero-order valence-electron chi connectivity index (χ0n) is 6.84. The lowest BCUT2D eigenvalue weighted by Crippen LogP contribution is -2.34. The molecule has 0 unspecified atom stereocenters. The molecule has 0 radical (unpaired) electrons. The van der Waals surface area contributed by atoms with Crippen LogP contribution in [0.25, 0.3) is 0 Å². The molecule has 0 atom stereocenters. The van der Waals surface area contributed by atoms with Crippen LogP contribution in [0.5, 0.6) is 0 Å². The van der Waals surface area contributed by atoms with Gasteiger partial charge in [0, 0.05) is 0 Å². The predicted molar refractivity (Wildman–Crippen MR) is 54.4 cm³/mol. The summed E-state index contributed by atoms with van der Waals surface area (Å²) in [6.45, 7) is 0. The number of rotatable bonds is 0. The molecule has 0 spiro atoms. The van der Waals surface area contributed by atoms with Crippen LogP contribution in [0.2, 0.25) is 0 Å². The maximum absolute atomic E-state index is 8.74. The molecule has 0 aromatic heterocycles. The van der Waals surface area contributed by atoms with Crippen LogP contribution < -0.4 is 28.5 Å². The van der Waals surface area contributed by atoms with Gasteiger partial charge in [-0.2, -0.15) is 8.42 Å². The van der Waals surface area contributed by atoms with Crippen molar-refractivity contribution in [2.24, 2.45) is 23.0 Å². The summed E-state index contributed by atoms with van der Waals surface area (Å²) < 4.78 is 31.6. The summed E-state index contributed by atoms with van der Waals surface area (Å²) in [6.07, 6.45) is 0. The van der Waals surface area contributed by atoms with E-state index in [2.05, 4.69) is 29.5 Å². The van der Waals surface area contributed by atoms with Gasteiger partial charge in [-0.05, 0) is 12.2 Å². The topological polar surface area (TPSA) is 215 Å². The zero-order chi connectivity index (χ0) is 12.4. The van der Waals surface area contributed by atoms with Gasteiger partial charge in [0.05, 0.1) is 0 Å². The third-order valence-corrected chi connectivity index (χ3v) is 0.260. The third-order valence-electron chi connectivity index (χ3n) is 0.142. The first-order chi connectivity index (χ1) is 6.00. The highest BCUT2D eigenvalue weighted by Crippen LogP contribution is 1.59. The first-order valence-corrected chi connectivity index (χ1v) is 4.36. The van der Waals surface area contributed by atoms with Gasteiger partial charge in [-0.3, -0.25) is 14.5 Å². The molecule has 0 aliphatic rings. The predicted octanol–water partition coefficient (Wildman–Crippen LogP) is -3.12. The van der Waals surface area contributed by atoms with Crippen LogP contribution >= 0.6 is 12.2 Å². The normalized spacial score (nSPS) is 8.21. The van der Waals surface area contributed by atoms with Crippen molar-refractivity contribution in [3.05, 3.63) is 0 Å². The summed E-state index contributed by atoms with van der Waals surface area (Å²) in [5.41, 5.74) is 15.8. The van der Waals surface area contributed by atoms with Crippen LogP contribution in [-0.2, 0) is 10.4 Å². The number of thiocarbonyl (C=S) groups is 1. The Morgan fingerprint density at radius 3 is 1.36 bits per heavy atom. The first-order valence-electron chi connectivity index (χ1n) is 2.56. The Morgan fingerprint density at radius 1 is 1.29 bits per heavy atom. The summed E-state index contributed by atoms with van der Waals surface area (Å²) in [5.74, 6) is 4.32. The van der Waals surface area contributed by atoms with Crippen LogP contribution in [0.3, 0.4) is 0 Å². The highest BCUT2D eigenvalue weighted by Gasteiger charge is 1.84. The highest BCUT2D eigenvalue weighted by atomic mass is 32.3. The Bertz CT molecular complexity index is 249. The van der Waals surface area contributed by atoms with Crippen molar-refractivity contribution in [1.82, 2.24) is 5.43 Å². The van der Waals surface area contributed by atoms with Crippen LogP contribution in [0.1, 0.15) is 0 Å². The minimum absolute atomic E-state index is 0.116. The molecule has 0 rings (SSSR count). The standard InChI is InChI=1S/CH5N3S.CH5N3.H2O4S/c2-1(5)4-3;2-1(3)4;1-5(2,3)4/h3H2,(H3,2,4,5);(H5,2,3,4);(H2,1,2,3,4). The van der Waals surface area contributed by atoms with E-state index in [-0.39, 0.29) is 11.1 Å². The minimum Gasteiger partial charge on any atom is -0.375 e. The quantitative estimate of drug-likeness (QED) is 0.0538. The average molecular weight is 248 g/mol. The third kappa shape index (κ3) is 1660. The number of hydrogen-bond donors (Lipinski definition) is 8. The summed E-state index contributed by atoms with van der Waals surface area (Å²) in [5, 5.41) is 6.17. The molecule has 0 bridgehead atoms.